The van der Waals surface area contributed by atoms with Crippen LogP contribution in [0, 0.1) is 0 Å². The maximum atomic E-state index is 12.2. The van der Waals surface area contributed by atoms with E-state index < -0.39 is 0 Å². The molecule has 0 bridgehead atoms. The van der Waals surface area contributed by atoms with Crippen molar-refractivity contribution < 1.29 is 9.53 Å². The van der Waals surface area contributed by atoms with Crippen LogP contribution in [0.2, 0.25) is 5.02 Å². The van der Waals surface area contributed by atoms with Crippen LogP contribution >= 0.6 is 11.6 Å². The van der Waals surface area contributed by atoms with E-state index in [1.807, 2.05) is 25.1 Å². The zero-order valence-corrected chi connectivity index (χ0v) is 11.3. The van der Waals surface area contributed by atoms with Gasteiger partial charge in [-0.15, -0.1) is 0 Å². The van der Waals surface area contributed by atoms with E-state index in [1.165, 1.54) is 0 Å². The number of carbonyl (C=O) groups excluding carboxylic acids is 1. The molecule has 2 heterocycles. The molecule has 0 spiro atoms. The first-order valence-electron chi connectivity index (χ1n) is 6.35. The number of hydrogen-bond donors (Lipinski definition) is 2. The molecule has 1 amide bonds. The molecule has 2 atom stereocenters. The zero-order valence-electron chi connectivity index (χ0n) is 10.6. The number of aromatic amines is 1. The molecular weight excluding hydrogens is 264 g/mol. The lowest BCUT2D eigenvalue weighted by atomic mass is 10.1. The van der Waals surface area contributed by atoms with Gasteiger partial charge in [0.1, 0.15) is 5.69 Å². The fourth-order valence-corrected chi connectivity index (χ4v) is 2.64. The van der Waals surface area contributed by atoms with Crippen LogP contribution in [0.4, 0.5) is 0 Å². The topological polar surface area (TPSA) is 54.1 Å². The first-order valence-corrected chi connectivity index (χ1v) is 6.72. The van der Waals surface area contributed by atoms with Gasteiger partial charge in [0.15, 0.2) is 0 Å². The number of hydrogen-bond acceptors (Lipinski definition) is 2. The third-order valence-electron chi connectivity index (χ3n) is 3.54. The Kier molecular flexibility index (Phi) is 3.21. The predicted octanol–water partition coefficient (Wildman–Crippen LogP) is 2.73. The molecule has 2 aromatic rings. The Morgan fingerprint density at radius 1 is 1.53 bits per heavy atom. The van der Waals surface area contributed by atoms with Crippen LogP contribution in [0.3, 0.4) is 0 Å². The number of H-pyrrole nitrogens is 1. The normalized spacial score (nSPS) is 22.8. The number of para-hydroxylation sites is 1. The number of ether oxygens (including phenoxy) is 1. The smallest absolute Gasteiger partial charge is 0.268 e. The second-order valence-electron chi connectivity index (χ2n) is 4.83. The highest BCUT2D eigenvalue weighted by Gasteiger charge is 2.26. The summed E-state index contributed by atoms with van der Waals surface area (Å²) in [7, 11) is 0. The van der Waals surface area contributed by atoms with Gasteiger partial charge in [-0.1, -0.05) is 23.7 Å². The Bertz CT molecular complexity index is 623. The zero-order chi connectivity index (χ0) is 13.4. The van der Waals surface area contributed by atoms with Gasteiger partial charge in [0.2, 0.25) is 0 Å². The molecule has 1 aromatic heterocycles. The molecule has 5 heteroatoms. The number of aromatic nitrogens is 1. The van der Waals surface area contributed by atoms with E-state index in [2.05, 4.69) is 10.3 Å². The van der Waals surface area contributed by atoms with E-state index in [4.69, 9.17) is 16.3 Å². The van der Waals surface area contributed by atoms with Gasteiger partial charge in [-0.25, -0.2) is 0 Å². The van der Waals surface area contributed by atoms with Crippen molar-refractivity contribution in [1.29, 1.82) is 0 Å². The van der Waals surface area contributed by atoms with Crippen LogP contribution in [0.15, 0.2) is 24.3 Å². The molecule has 3 rings (SSSR count). The first kappa shape index (κ1) is 12.5. The predicted molar refractivity (Wildman–Crippen MR) is 74.6 cm³/mol. The molecule has 1 aromatic carbocycles. The summed E-state index contributed by atoms with van der Waals surface area (Å²) in [6.07, 6.45) is 0.922. The number of carbonyl (C=O) groups is 1. The highest BCUT2D eigenvalue weighted by Crippen LogP contribution is 2.23. The van der Waals surface area contributed by atoms with Crippen LogP contribution < -0.4 is 5.32 Å². The number of amides is 1. The van der Waals surface area contributed by atoms with Crippen LogP contribution in [-0.4, -0.2) is 29.6 Å². The Morgan fingerprint density at radius 2 is 2.37 bits per heavy atom. The number of nitrogens with one attached hydrogen (secondary N) is 2. The number of rotatable bonds is 2. The monoisotopic (exact) mass is 278 g/mol. The molecule has 1 fully saturated rings. The number of fused-ring (bicyclic) bond motifs is 1. The molecule has 0 saturated carbocycles. The van der Waals surface area contributed by atoms with E-state index in [-0.39, 0.29) is 18.1 Å². The van der Waals surface area contributed by atoms with Crippen molar-refractivity contribution in [3.05, 3.63) is 35.0 Å². The summed E-state index contributed by atoms with van der Waals surface area (Å²) in [5, 5.41) is 4.54. The quantitative estimate of drug-likeness (QED) is 0.887. The Balaban J connectivity index is 1.83. The highest BCUT2D eigenvalue weighted by molar-refractivity contribution is 6.35. The van der Waals surface area contributed by atoms with Gasteiger partial charge in [0.05, 0.1) is 22.7 Å². The van der Waals surface area contributed by atoms with Gasteiger partial charge in [0, 0.05) is 12.0 Å². The largest absolute Gasteiger partial charge is 0.376 e. The van der Waals surface area contributed by atoms with Gasteiger partial charge in [-0.2, -0.15) is 0 Å². The van der Waals surface area contributed by atoms with Crippen molar-refractivity contribution in [2.24, 2.45) is 0 Å². The first-order chi connectivity index (χ1) is 9.15. The van der Waals surface area contributed by atoms with E-state index in [0.29, 0.717) is 17.3 Å². The Morgan fingerprint density at radius 3 is 3.05 bits per heavy atom. The maximum absolute atomic E-state index is 12.2. The number of halogens is 1. The van der Waals surface area contributed by atoms with E-state index in [0.717, 1.165) is 17.3 Å². The standard InChI is InChI=1S/C14H15ClN2O2/c1-8-11(5-6-19-8)17-14(18)12-7-9-3-2-4-10(15)13(9)16-12/h2-4,7-8,11,16H,5-6H2,1H3,(H,17,18)/t8-,11+/m1/s1. The lowest BCUT2D eigenvalue weighted by Crippen LogP contribution is -2.39. The third kappa shape index (κ3) is 2.33. The summed E-state index contributed by atoms with van der Waals surface area (Å²) in [6, 6.07) is 7.49. The van der Waals surface area contributed by atoms with E-state index in [9.17, 15) is 4.79 Å². The fraction of sp³-hybridized carbons (Fsp3) is 0.357. The summed E-state index contributed by atoms with van der Waals surface area (Å²) in [5.41, 5.74) is 1.33. The molecule has 1 aliphatic rings. The van der Waals surface area contributed by atoms with Crippen molar-refractivity contribution in [3.63, 3.8) is 0 Å². The SMILES string of the molecule is C[C@H]1OCC[C@@H]1NC(=O)c1cc2cccc(Cl)c2[nH]1. The second-order valence-corrected chi connectivity index (χ2v) is 5.24. The lowest BCUT2D eigenvalue weighted by molar-refractivity contribution is 0.0862. The summed E-state index contributed by atoms with van der Waals surface area (Å²) < 4.78 is 5.43. The molecule has 0 unspecified atom stereocenters. The highest BCUT2D eigenvalue weighted by atomic mass is 35.5. The van der Waals surface area contributed by atoms with Crippen molar-refractivity contribution in [3.8, 4) is 0 Å². The fourth-order valence-electron chi connectivity index (χ4n) is 2.41. The average molecular weight is 279 g/mol. The maximum Gasteiger partial charge on any atom is 0.268 e. The molecule has 1 aliphatic heterocycles. The van der Waals surface area contributed by atoms with Crippen molar-refractivity contribution in [2.75, 3.05) is 6.61 Å². The van der Waals surface area contributed by atoms with E-state index in [1.54, 1.807) is 6.07 Å². The molecule has 4 nitrogen and oxygen atoms in total. The van der Waals surface area contributed by atoms with Crippen molar-refractivity contribution in [1.82, 2.24) is 10.3 Å². The Hall–Kier alpha value is -1.52. The Labute approximate surface area is 116 Å². The molecule has 0 radical (unpaired) electrons. The molecule has 1 saturated heterocycles. The van der Waals surface area contributed by atoms with Gasteiger partial charge in [-0.3, -0.25) is 4.79 Å². The van der Waals surface area contributed by atoms with Crippen molar-refractivity contribution in [2.45, 2.75) is 25.5 Å². The third-order valence-corrected chi connectivity index (χ3v) is 3.86. The average Bonchev–Trinajstić information content (AvgIpc) is 2.97. The van der Waals surface area contributed by atoms with Crippen LogP contribution in [-0.2, 0) is 4.74 Å². The summed E-state index contributed by atoms with van der Waals surface area (Å²) >= 11 is 6.09. The molecule has 100 valence electrons. The molecule has 19 heavy (non-hydrogen) atoms. The van der Waals surface area contributed by atoms with E-state index >= 15 is 0 Å². The minimum absolute atomic E-state index is 0.0666. The second kappa shape index (κ2) is 4.87. The summed E-state index contributed by atoms with van der Waals surface area (Å²) in [6.45, 7) is 2.67. The van der Waals surface area contributed by atoms with Crippen molar-refractivity contribution >= 4 is 28.4 Å². The molecular formula is C14H15ClN2O2. The molecule has 0 aliphatic carbocycles. The minimum Gasteiger partial charge on any atom is -0.376 e. The van der Waals surface area contributed by atoms with Gasteiger partial charge in [-0.05, 0) is 25.5 Å². The van der Waals surface area contributed by atoms with Gasteiger partial charge < -0.3 is 15.0 Å². The minimum atomic E-state index is -0.116. The number of benzene rings is 1. The van der Waals surface area contributed by atoms with Gasteiger partial charge >= 0.3 is 0 Å². The summed E-state index contributed by atoms with van der Waals surface area (Å²) in [5.74, 6) is -0.116. The van der Waals surface area contributed by atoms with Crippen LogP contribution in [0.25, 0.3) is 10.9 Å². The molecule has 2 N–H and O–H groups in total. The van der Waals surface area contributed by atoms with Gasteiger partial charge in [0.25, 0.3) is 5.91 Å². The lowest BCUT2D eigenvalue weighted by Gasteiger charge is -2.15. The summed E-state index contributed by atoms with van der Waals surface area (Å²) in [4.78, 5) is 15.3. The van der Waals surface area contributed by atoms with Crippen LogP contribution in [0.1, 0.15) is 23.8 Å². The van der Waals surface area contributed by atoms with Crippen LogP contribution in [0.5, 0.6) is 0 Å².